The van der Waals surface area contributed by atoms with E-state index in [1.807, 2.05) is 61.5 Å². The van der Waals surface area contributed by atoms with Crippen LogP contribution in [0, 0.1) is 6.92 Å². The van der Waals surface area contributed by atoms with Gasteiger partial charge < -0.3 is 4.74 Å². The van der Waals surface area contributed by atoms with Crippen molar-refractivity contribution in [1.29, 1.82) is 0 Å². The minimum atomic E-state index is 0.795. The molecule has 1 nitrogen and oxygen atoms in total. The molecule has 0 aromatic heterocycles. The molecule has 2 rings (SSSR count). The van der Waals surface area contributed by atoms with Crippen LogP contribution in [0.4, 0.5) is 0 Å². The first-order chi connectivity index (χ1) is 8.72. The summed E-state index contributed by atoms with van der Waals surface area (Å²) in [5.74, 6) is 0.859. The van der Waals surface area contributed by atoms with Crippen molar-refractivity contribution < 1.29 is 4.74 Å². The van der Waals surface area contributed by atoms with E-state index in [0.717, 1.165) is 27.5 Å². The minimum Gasteiger partial charge on any atom is -0.496 e. The minimum absolute atomic E-state index is 0.795. The highest BCUT2D eigenvalue weighted by Gasteiger charge is 2.00. The summed E-state index contributed by atoms with van der Waals surface area (Å²) in [6.45, 7) is 2.00. The van der Waals surface area contributed by atoms with Crippen LogP contribution in [-0.2, 0) is 0 Å². The first-order valence-corrected chi connectivity index (χ1v) is 6.16. The number of ether oxygens (including phenoxy) is 1. The smallest absolute Gasteiger partial charge is 0.126 e. The Hall–Kier alpha value is -1.73. The van der Waals surface area contributed by atoms with Gasteiger partial charge in [-0.25, -0.2) is 0 Å². The van der Waals surface area contributed by atoms with E-state index in [1.165, 1.54) is 0 Å². The molecule has 0 atom stereocenters. The zero-order chi connectivity index (χ0) is 13.0. The number of halogens is 1. The standard InChI is InChI=1S/C16H15ClO/c1-12-6-5-8-14(16(12)17)11-10-13-7-3-4-9-15(13)18-2/h3-11H,1-2H3/b11-10-. The van der Waals surface area contributed by atoms with E-state index in [4.69, 9.17) is 16.3 Å². The highest BCUT2D eigenvalue weighted by molar-refractivity contribution is 6.32. The van der Waals surface area contributed by atoms with Gasteiger partial charge in [0.25, 0.3) is 0 Å². The van der Waals surface area contributed by atoms with Crippen LogP contribution in [0.5, 0.6) is 5.75 Å². The Morgan fingerprint density at radius 1 is 0.944 bits per heavy atom. The lowest BCUT2D eigenvalue weighted by Crippen LogP contribution is -1.85. The zero-order valence-corrected chi connectivity index (χ0v) is 11.2. The van der Waals surface area contributed by atoms with E-state index >= 15 is 0 Å². The van der Waals surface area contributed by atoms with Crippen LogP contribution >= 0.6 is 11.6 Å². The fourth-order valence-electron chi connectivity index (χ4n) is 1.78. The molecule has 2 aromatic rings. The van der Waals surface area contributed by atoms with Gasteiger partial charge in [0.2, 0.25) is 0 Å². The molecule has 0 heterocycles. The Morgan fingerprint density at radius 2 is 1.61 bits per heavy atom. The highest BCUT2D eigenvalue weighted by Crippen LogP contribution is 2.24. The number of benzene rings is 2. The zero-order valence-electron chi connectivity index (χ0n) is 10.5. The Kier molecular flexibility index (Phi) is 4.06. The van der Waals surface area contributed by atoms with E-state index < -0.39 is 0 Å². The highest BCUT2D eigenvalue weighted by atomic mass is 35.5. The molecule has 18 heavy (non-hydrogen) atoms. The summed E-state index contributed by atoms with van der Waals surface area (Å²) in [6, 6.07) is 13.9. The molecule has 0 saturated carbocycles. The van der Waals surface area contributed by atoms with Crippen LogP contribution in [0.1, 0.15) is 16.7 Å². The predicted molar refractivity (Wildman–Crippen MR) is 78.1 cm³/mol. The van der Waals surface area contributed by atoms with E-state index in [9.17, 15) is 0 Å². The Balaban J connectivity index is 2.33. The summed E-state index contributed by atoms with van der Waals surface area (Å²) in [7, 11) is 1.67. The number of hydrogen-bond donors (Lipinski definition) is 0. The van der Waals surface area contributed by atoms with Crippen molar-refractivity contribution in [3.05, 3.63) is 64.2 Å². The van der Waals surface area contributed by atoms with Crippen molar-refractivity contribution in [3.63, 3.8) is 0 Å². The Labute approximate surface area is 113 Å². The van der Waals surface area contributed by atoms with Gasteiger partial charge in [-0.2, -0.15) is 0 Å². The first kappa shape index (κ1) is 12.7. The molecule has 0 saturated heterocycles. The van der Waals surface area contributed by atoms with E-state index in [1.54, 1.807) is 7.11 Å². The van der Waals surface area contributed by atoms with Gasteiger partial charge in [0.15, 0.2) is 0 Å². The summed E-state index contributed by atoms with van der Waals surface area (Å²) in [4.78, 5) is 0. The van der Waals surface area contributed by atoms with Crippen LogP contribution in [0.2, 0.25) is 5.02 Å². The lowest BCUT2D eigenvalue weighted by atomic mass is 10.1. The van der Waals surface area contributed by atoms with Crippen molar-refractivity contribution in [1.82, 2.24) is 0 Å². The Bertz CT molecular complexity index is 573. The maximum absolute atomic E-state index is 6.25. The van der Waals surface area contributed by atoms with E-state index in [-0.39, 0.29) is 0 Å². The molecule has 0 fully saturated rings. The molecule has 0 radical (unpaired) electrons. The van der Waals surface area contributed by atoms with E-state index in [2.05, 4.69) is 0 Å². The monoisotopic (exact) mass is 258 g/mol. The van der Waals surface area contributed by atoms with Gasteiger partial charge in [-0.3, -0.25) is 0 Å². The molecule has 0 aliphatic carbocycles. The van der Waals surface area contributed by atoms with Gasteiger partial charge >= 0.3 is 0 Å². The third-order valence-corrected chi connectivity index (χ3v) is 3.32. The van der Waals surface area contributed by atoms with Gasteiger partial charge in [-0.1, -0.05) is 60.2 Å². The number of methoxy groups -OCH3 is 1. The van der Waals surface area contributed by atoms with Crippen molar-refractivity contribution in [3.8, 4) is 5.75 Å². The number of aryl methyl sites for hydroxylation is 1. The third kappa shape index (κ3) is 2.74. The van der Waals surface area contributed by atoms with Crippen molar-refractivity contribution in [2.45, 2.75) is 6.92 Å². The quantitative estimate of drug-likeness (QED) is 0.717. The summed E-state index contributed by atoms with van der Waals surface area (Å²) in [5, 5.41) is 0.795. The molecule has 92 valence electrons. The van der Waals surface area contributed by atoms with Gasteiger partial charge in [-0.15, -0.1) is 0 Å². The second-order valence-corrected chi connectivity index (χ2v) is 4.43. The molecule has 0 spiro atoms. The fraction of sp³-hybridized carbons (Fsp3) is 0.125. The molecule has 0 N–H and O–H groups in total. The third-order valence-electron chi connectivity index (χ3n) is 2.80. The molecule has 0 aliphatic heterocycles. The normalized spacial score (nSPS) is 10.8. The molecule has 0 amide bonds. The number of para-hydroxylation sites is 1. The summed E-state index contributed by atoms with van der Waals surface area (Å²) in [6.07, 6.45) is 4.02. The lowest BCUT2D eigenvalue weighted by Gasteiger charge is -2.04. The lowest BCUT2D eigenvalue weighted by molar-refractivity contribution is 0.414. The summed E-state index contributed by atoms with van der Waals surface area (Å²) >= 11 is 6.25. The molecule has 0 unspecified atom stereocenters. The van der Waals surface area contributed by atoms with Crippen LogP contribution in [-0.4, -0.2) is 7.11 Å². The molecule has 0 bridgehead atoms. The Morgan fingerprint density at radius 3 is 2.39 bits per heavy atom. The van der Waals surface area contributed by atoms with Gasteiger partial charge in [0, 0.05) is 5.56 Å². The van der Waals surface area contributed by atoms with Gasteiger partial charge in [-0.05, 0) is 24.1 Å². The average molecular weight is 259 g/mol. The second-order valence-electron chi connectivity index (χ2n) is 4.05. The SMILES string of the molecule is COc1ccccc1/C=C\c1cccc(C)c1Cl. The fourth-order valence-corrected chi connectivity index (χ4v) is 1.97. The molecule has 0 aliphatic rings. The molecule has 2 heteroatoms. The van der Waals surface area contributed by atoms with Crippen molar-refractivity contribution >= 4 is 23.8 Å². The van der Waals surface area contributed by atoms with Gasteiger partial charge in [0.05, 0.1) is 12.1 Å². The topological polar surface area (TPSA) is 9.23 Å². The van der Waals surface area contributed by atoms with Crippen molar-refractivity contribution in [2.75, 3.05) is 7.11 Å². The summed E-state index contributed by atoms with van der Waals surface area (Å²) in [5.41, 5.74) is 3.14. The van der Waals surface area contributed by atoms with Crippen LogP contribution in [0.25, 0.3) is 12.2 Å². The predicted octanol–water partition coefficient (Wildman–Crippen LogP) is 4.83. The maximum atomic E-state index is 6.25. The first-order valence-electron chi connectivity index (χ1n) is 5.78. The maximum Gasteiger partial charge on any atom is 0.126 e. The summed E-state index contributed by atoms with van der Waals surface area (Å²) < 4.78 is 5.30. The van der Waals surface area contributed by atoms with Crippen LogP contribution in [0.15, 0.2) is 42.5 Å². The number of rotatable bonds is 3. The van der Waals surface area contributed by atoms with Gasteiger partial charge in [0.1, 0.15) is 5.75 Å². The van der Waals surface area contributed by atoms with Crippen LogP contribution < -0.4 is 4.74 Å². The molecular formula is C16H15ClO. The van der Waals surface area contributed by atoms with Crippen molar-refractivity contribution in [2.24, 2.45) is 0 Å². The average Bonchev–Trinajstić information content (AvgIpc) is 2.41. The molecular weight excluding hydrogens is 244 g/mol. The number of hydrogen-bond acceptors (Lipinski definition) is 1. The molecule has 2 aromatic carbocycles. The van der Waals surface area contributed by atoms with E-state index in [0.29, 0.717) is 0 Å². The second kappa shape index (κ2) is 5.74. The van der Waals surface area contributed by atoms with Crippen LogP contribution in [0.3, 0.4) is 0 Å². The largest absolute Gasteiger partial charge is 0.496 e.